The summed E-state index contributed by atoms with van der Waals surface area (Å²) in [7, 11) is 1.71. The number of benzene rings is 2. The minimum atomic E-state index is -0.368. The number of rotatable bonds is 9. The maximum atomic E-state index is 13.4. The molecule has 7 nitrogen and oxygen atoms in total. The van der Waals surface area contributed by atoms with Gasteiger partial charge in [0.2, 0.25) is 0 Å². The standard InChI is InChI=1S/C26H31N5O2/c1-4-6-7-10-16-31(26(33)28-20-13-11-12-19(17-20)18-27)23(5-2)24-29-22-15-9-8-14-21(22)25(32)30(24)3/h8-9,11-15,17,23H,4-7,10,16H2,1-3H3,(H,28,33). The van der Waals surface area contributed by atoms with E-state index in [2.05, 4.69) is 18.3 Å². The molecule has 3 aromatic rings. The zero-order valence-corrected chi connectivity index (χ0v) is 19.5. The lowest BCUT2D eigenvalue weighted by Crippen LogP contribution is -2.41. The molecule has 7 heteroatoms. The second-order valence-corrected chi connectivity index (χ2v) is 8.15. The van der Waals surface area contributed by atoms with Crippen molar-refractivity contribution in [3.63, 3.8) is 0 Å². The van der Waals surface area contributed by atoms with Crippen molar-refractivity contribution < 1.29 is 4.79 Å². The Bertz CT molecular complexity index is 1210. The number of hydrogen-bond donors (Lipinski definition) is 1. The number of carbonyl (C=O) groups excluding carboxylic acids is 1. The summed E-state index contributed by atoms with van der Waals surface area (Å²) in [5, 5.41) is 12.7. The van der Waals surface area contributed by atoms with Crippen molar-refractivity contribution in [3.05, 3.63) is 70.3 Å². The molecule has 172 valence electrons. The van der Waals surface area contributed by atoms with Crippen LogP contribution in [0.2, 0.25) is 0 Å². The summed E-state index contributed by atoms with van der Waals surface area (Å²) in [6, 6.07) is 15.6. The molecule has 1 aromatic heterocycles. The number of anilines is 1. The number of urea groups is 1. The van der Waals surface area contributed by atoms with Crippen LogP contribution in [-0.2, 0) is 7.05 Å². The van der Waals surface area contributed by atoms with Crippen molar-refractivity contribution in [2.75, 3.05) is 11.9 Å². The molecule has 3 rings (SSSR count). The van der Waals surface area contributed by atoms with Gasteiger partial charge in [-0.15, -0.1) is 0 Å². The van der Waals surface area contributed by atoms with E-state index in [0.717, 1.165) is 25.7 Å². The van der Waals surface area contributed by atoms with E-state index >= 15 is 0 Å². The number of nitrogens with one attached hydrogen (secondary N) is 1. The number of hydrogen-bond acceptors (Lipinski definition) is 4. The molecule has 1 N–H and O–H groups in total. The normalized spacial score (nSPS) is 11.7. The maximum absolute atomic E-state index is 13.4. The van der Waals surface area contributed by atoms with Gasteiger partial charge in [-0.25, -0.2) is 9.78 Å². The van der Waals surface area contributed by atoms with Gasteiger partial charge in [0.1, 0.15) is 5.82 Å². The summed E-state index contributed by atoms with van der Waals surface area (Å²) < 4.78 is 1.55. The van der Waals surface area contributed by atoms with Gasteiger partial charge >= 0.3 is 6.03 Å². The first kappa shape index (κ1) is 24.0. The van der Waals surface area contributed by atoms with Crippen molar-refractivity contribution in [2.24, 2.45) is 7.05 Å². The molecule has 0 aliphatic heterocycles. The molecule has 0 radical (unpaired) electrons. The van der Waals surface area contributed by atoms with E-state index < -0.39 is 0 Å². The van der Waals surface area contributed by atoms with Crippen LogP contribution in [0.3, 0.4) is 0 Å². The van der Waals surface area contributed by atoms with Gasteiger partial charge in [-0.1, -0.05) is 51.3 Å². The van der Waals surface area contributed by atoms with E-state index in [-0.39, 0.29) is 17.6 Å². The number of unbranched alkanes of at least 4 members (excludes halogenated alkanes) is 3. The first-order valence-corrected chi connectivity index (χ1v) is 11.5. The SMILES string of the molecule is CCCCCCN(C(=O)Nc1cccc(C#N)c1)C(CC)c1nc2ccccc2c(=O)n1C. The Labute approximate surface area is 194 Å². The lowest BCUT2D eigenvalue weighted by atomic mass is 10.1. The fourth-order valence-corrected chi connectivity index (χ4v) is 4.05. The van der Waals surface area contributed by atoms with Crippen LogP contribution in [0.4, 0.5) is 10.5 Å². The highest BCUT2D eigenvalue weighted by molar-refractivity contribution is 5.89. The molecular weight excluding hydrogens is 414 g/mol. The third-order valence-corrected chi connectivity index (χ3v) is 5.84. The van der Waals surface area contributed by atoms with Gasteiger partial charge in [0.15, 0.2) is 0 Å². The number of para-hydroxylation sites is 1. The average molecular weight is 446 g/mol. The highest BCUT2D eigenvalue weighted by Gasteiger charge is 2.27. The number of nitrogens with zero attached hydrogens (tertiary/aromatic N) is 4. The van der Waals surface area contributed by atoms with Crippen molar-refractivity contribution in [1.29, 1.82) is 5.26 Å². The number of nitriles is 1. The molecule has 0 bridgehead atoms. The zero-order valence-electron chi connectivity index (χ0n) is 19.5. The van der Waals surface area contributed by atoms with E-state index in [0.29, 0.717) is 40.9 Å². The highest BCUT2D eigenvalue weighted by Crippen LogP contribution is 2.25. The first-order valence-electron chi connectivity index (χ1n) is 11.5. The van der Waals surface area contributed by atoms with Crippen LogP contribution in [-0.4, -0.2) is 27.0 Å². The minimum Gasteiger partial charge on any atom is -0.314 e. The average Bonchev–Trinajstić information content (AvgIpc) is 2.83. The fourth-order valence-electron chi connectivity index (χ4n) is 4.05. The zero-order chi connectivity index (χ0) is 23.8. The van der Waals surface area contributed by atoms with Gasteiger partial charge in [-0.2, -0.15) is 5.26 Å². The monoisotopic (exact) mass is 445 g/mol. The van der Waals surface area contributed by atoms with E-state index in [4.69, 9.17) is 4.98 Å². The topological polar surface area (TPSA) is 91.0 Å². The molecule has 0 saturated heterocycles. The van der Waals surface area contributed by atoms with Gasteiger partial charge < -0.3 is 10.2 Å². The smallest absolute Gasteiger partial charge is 0.314 e. The second-order valence-electron chi connectivity index (χ2n) is 8.15. The van der Waals surface area contributed by atoms with Crippen molar-refractivity contribution in [1.82, 2.24) is 14.5 Å². The molecule has 2 aromatic carbocycles. The van der Waals surface area contributed by atoms with Crippen LogP contribution >= 0.6 is 0 Å². The minimum absolute atomic E-state index is 0.123. The second kappa shape index (κ2) is 11.3. The number of amides is 2. The van der Waals surface area contributed by atoms with Crippen molar-refractivity contribution >= 4 is 22.6 Å². The Morgan fingerprint density at radius 1 is 1.15 bits per heavy atom. The number of aromatic nitrogens is 2. The summed E-state index contributed by atoms with van der Waals surface area (Å²) in [4.78, 5) is 33.0. The molecule has 2 amide bonds. The molecule has 0 spiro atoms. The van der Waals surface area contributed by atoms with Crippen LogP contribution in [0.5, 0.6) is 0 Å². The van der Waals surface area contributed by atoms with Gasteiger partial charge in [-0.3, -0.25) is 9.36 Å². The summed E-state index contributed by atoms with van der Waals surface area (Å²) in [5.74, 6) is 0.567. The molecule has 0 aliphatic carbocycles. The van der Waals surface area contributed by atoms with Crippen LogP contribution < -0.4 is 10.9 Å². The van der Waals surface area contributed by atoms with Crippen LogP contribution in [0.15, 0.2) is 53.3 Å². The van der Waals surface area contributed by atoms with Crippen LogP contribution in [0.25, 0.3) is 10.9 Å². The fraction of sp³-hybridized carbons (Fsp3) is 0.385. The predicted octanol–water partition coefficient (Wildman–Crippen LogP) is 5.37. The summed E-state index contributed by atoms with van der Waals surface area (Å²) in [6.45, 7) is 4.69. The highest BCUT2D eigenvalue weighted by atomic mass is 16.2. The van der Waals surface area contributed by atoms with Crippen molar-refractivity contribution in [3.8, 4) is 6.07 Å². The van der Waals surface area contributed by atoms with Gasteiger partial charge in [0.25, 0.3) is 5.56 Å². The van der Waals surface area contributed by atoms with Gasteiger partial charge in [0, 0.05) is 19.3 Å². The Morgan fingerprint density at radius 3 is 2.67 bits per heavy atom. The number of fused-ring (bicyclic) bond motifs is 1. The molecule has 0 fully saturated rings. The molecule has 0 saturated carbocycles. The van der Waals surface area contributed by atoms with E-state index in [1.54, 1.807) is 46.8 Å². The summed E-state index contributed by atoms with van der Waals surface area (Å²) in [5.41, 5.74) is 1.55. The van der Waals surface area contributed by atoms with E-state index in [1.165, 1.54) is 0 Å². The molecule has 1 unspecified atom stereocenters. The quantitative estimate of drug-likeness (QED) is 0.448. The summed E-state index contributed by atoms with van der Waals surface area (Å²) >= 11 is 0. The Hall–Kier alpha value is -3.66. The molecule has 1 heterocycles. The largest absolute Gasteiger partial charge is 0.322 e. The third-order valence-electron chi connectivity index (χ3n) is 5.84. The maximum Gasteiger partial charge on any atom is 0.322 e. The summed E-state index contributed by atoms with van der Waals surface area (Å²) in [6.07, 6.45) is 4.69. The van der Waals surface area contributed by atoms with E-state index in [1.807, 2.05) is 25.1 Å². The van der Waals surface area contributed by atoms with Gasteiger partial charge in [-0.05, 0) is 43.2 Å². The lowest BCUT2D eigenvalue weighted by molar-refractivity contribution is 0.178. The Balaban J connectivity index is 1.98. The molecule has 33 heavy (non-hydrogen) atoms. The lowest BCUT2D eigenvalue weighted by Gasteiger charge is -2.32. The van der Waals surface area contributed by atoms with E-state index in [9.17, 15) is 14.9 Å². The molecule has 0 aliphatic rings. The number of carbonyl (C=O) groups is 1. The molecule has 1 atom stereocenters. The predicted molar refractivity (Wildman–Crippen MR) is 131 cm³/mol. The van der Waals surface area contributed by atoms with Crippen molar-refractivity contribution in [2.45, 2.75) is 52.0 Å². The first-order chi connectivity index (χ1) is 16.0. The van der Waals surface area contributed by atoms with Gasteiger partial charge in [0.05, 0.1) is 28.6 Å². The Morgan fingerprint density at radius 2 is 1.94 bits per heavy atom. The third kappa shape index (κ3) is 5.58. The van der Waals surface area contributed by atoms with Crippen LogP contribution in [0.1, 0.15) is 63.4 Å². The Kier molecular flexibility index (Phi) is 8.20. The molecular formula is C26H31N5O2. The van der Waals surface area contributed by atoms with Crippen LogP contribution in [0, 0.1) is 11.3 Å².